The van der Waals surface area contributed by atoms with Crippen molar-refractivity contribution in [2.24, 2.45) is 0 Å². The van der Waals surface area contributed by atoms with E-state index in [1.165, 1.54) is 12.1 Å². The molecule has 0 aromatic carbocycles. The van der Waals surface area contributed by atoms with Crippen molar-refractivity contribution in [3.05, 3.63) is 47.9 Å². The molecule has 176 valence electrons. The predicted molar refractivity (Wildman–Crippen MR) is 124 cm³/mol. The summed E-state index contributed by atoms with van der Waals surface area (Å²) < 4.78 is 20.3. The van der Waals surface area contributed by atoms with E-state index in [4.69, 9.17) is 14.8 Å². The summed E-state index contributed by atoms with van der Waals surface area (Å²) in [6.45, 7) is 8.88. The Bertz CT molecular complexity index is 1360. The molecular formula is C23H25FN8O2. The van der Waals surface area contributed by atoms with Crippen LogP contribution in [0.3, 0.4) is 0 Å². The first-order chi connectivity index (χ1) is 16.3. The van der Waals surface area contributed by atoms with Crippen molar-refractivity contribution >= 4 is 34.0 Å². The lowest BCUT2D eigenvalue weighted by atomic mass is 9.96. The van der Waals surface area contributed by atoms with Gasteiger partial charge in [0.2, 0.25) is 11.6 Å². The van der Waals surface area contributed by atoms with E-state index < -0.39 is 5.82 Å². The molecule has 0 aliphatic carbocycles. The van der Waals surface area contributed by atoms with Crippen LogP contribution in [0.1, 0.15) is 32.3 Å². The zero-order chi connectivity index (χ0) is 23.9. The van der Waals surface area contributed by atoms with Gasteiger partial charge in [0.1, 0.15) is 17.2 Å². The number of pyridine rings is 2. The molecule has 4 aromatic heterocycles. The van der Waals surface area contributed by atoms with E-state index in [0.29, 0.717) is 35.9 Å². The lowest BCUT2D eigenvalue weighted by Gasteiger charge is -2.28. The Morgan fingerprint density at radius 1 is 1.15 bits per heavy atom. The van der Waals surface area contributed by atoms with Gasteiger partial charge >= 0.3 is 0 Å². The normalized spacial score (nSPS) is 14.6. The maximum Gasteiger partial charge on any atom is 0.231 e. The largest absolute Gasteiger partial charge is 0.378 e. The quantitative estimate of drug-likeness (QED) is 0.491. The van der Waals surface area contributed by atoms with Crippen LogP contribution in [0.2, 0.25) is 0 Å². The van der Waals surface area contributed by atoms with Gasteiger partial charge in [0.15, 0.2) is 5.82 Å². The standard InChI is InChI=1S/C23H25FN8O2/c1-23(2,3)22-29-28-21-20-16(10-15(13-26-20)31-6-8-34-9-7-31)17(30-32(21)22)11-19(33)27-18-5-4-14(24)12-25-18/h4-5,10,12-13H,6-9,11H2,1-3H3,(H,25,27,33). The summed E-state index contributed by atoms with van der Waals surface area (Å²) in [7, 11) is 0. The molecule has 0 unspecified atom stereocenters. The van der Waals surface area contributed by atoms with Crippen LogP contribution in [0.25, 0.3) is 16.6 Å². The number of nitrogens with one attached hydrogen (secondary N) is 1. The first-order valence-corrected chi connectivity index (χ1v) is 11.1. The summed E-state index contributed by atoms with van der Waals surface area (Å²) in [5.41, 5.74) is 2.32. The number of ether oxygens (including phenoxy) is 1. The van der Waals surface area contributed by atoms with Gasteiger partial charge in [-0.1, -0.05) is 20.8 Å². The van der Waals surface area contributed by atoms with Crippen LogP contribution in [0.15, 0.2) is 30.6 Å². The minimum Gasteiger partial charge on any atom is -0.378 e. The van der Waals surface area contributed by atoms with Crippen molar-refractivity contribution in [2.45, 2.75) is 32.6 Å². The topological polar surface area (TPSA) is 110 Å². The predicted octanol–water partition coefficient (Wildman–Crippen LogP) is 2.52. The van der Waals surface area contributed by atoms with E-state index in [1.807, 2.05) is 33.0 Å². The maximum atomic E-state index is 13.2. The summed E-state index contributed by atoms with van der Waals surface area (Å²) in [6, 6.07) is 4.65. The number of hydrogen-bond acceptors (Lipinski definition) is 8. The molecule has 0 bridgehead atoms. The smallest absolute Gasteiger partial charge is 0.231 e. The minimum absolute atomic E-state index is 0.0263. The van der Waals surface area contributed by atoms with Crippen LogP contribution >= 0.6 is 0 Å². The first-order valence-electron chi connectivity index (χ1n) is 11.1. The van der Waals surface area contributed by atoms with E-state index >= 15 is 0 Å². The van der Waals surface area contributed by atoms with Gasteiger partial charge in [-0.25, -0.2) is 14.4 Å². The number of aromatic nitrogens is 6. The maximum absolute atomic E-state index is 13.2. The molecule has 0 radical (unpaired) electrons. The number of carbonyl (C=O) groups is 1. The molecule has 0 spiro atoms. The van der Waals surface area contributed by atoms with Gasteiger partial charge < -0.3 is 15.0 Å². The van der Waals surface area contributed by atoms with Crippen LogP contribution in [0.4, 0.5) is 15.9 Å². The second-order valence-electron chi connectivity index (χ2n) is 9.23. The zero-order valence-electron chi connectivity index (χ0n) is 19.2. The second-order valence-corrected chi connectivity index (χ2v) is 9.23. The SMILES string of the molecule is CC(C)(C)c1nnc2c3ncc(N4CCOCC4)cc3c(CC(=O)Nc3ccc(F)cn3)nn12. The van der Waals surface area contributed by atoms with E-state index in [2.05, 4.69) is 25.4 Å². The number of fused-ring (bicyclic) bond motifs is 3. The molecule has 1 fully saturated rings. The average Bonchev–Trinajstić information content (AvgIpc) is 3.25. The van der Waals surface area contributed by atoms with Crippen LogP contribution in [0.5, 0.6) is 0 Å². The summed E-state index contributed by atoms with van der Waals surface area (Å²) in [4.78, 5) is 23.7. The minimum atomic E-state index is -0.472. The fraction of sp³-hybridized carbons (Fsp3) is 0.391. The van der Waals surface area contributed by atoms with E-state index in [9.17, 15) is 9.18 Å². The zero-order valence-corrected chi connectivity index (χ0v) is 19.2. The highest BCUT2D eigenvalue weighted by Gasteiger charge is 2.25. The fourth-order valence-electron chi connectivity index (χ4n) is 3.93. The highest BCUT2D eigenvalue weighted by atomic mass is 19.1. The third-order valence-electron chi connectivity index (χ3n) is 5.63. The van der Waals surface area contributed by atoms with Gasteiger partial charge in [-0.15, -0.1) is 10.2 Å². The van der Waals surface area contributed by atoms with Crippen LogP contribution in [-0.2, 0) is 21.4 Å². The number of morpholine rings is 1. The molecule has 1 aliphatic heterocycles. The van der Waals surface area contributed by atoms with Gasteiger partial charge in [-0.2, -0.15) is 9.61 Å². The van der Waals surface area contributed by atoms with Crippen molar-refractivity contribution in [1.82, 2.24) is 29.8 Å². The number of nitrogens with zero attached hydrogens (tertiary/aromatic N) is 7. The Balaban J connectivity index is 1.59. The van der Waals surface area contributed by atoms with Gasteiger partial charge in [-0.05, 0) is 18.2 Å². The molecule has 34 heavy (non-hydrogen) atoms. The van der Waals surface area contributed by atoms with Crippen molar-refractivity contribution in [2.75, 3.05) is 36.5 Å². The van der Waals surface area contributed by atoms with Crippen molar-refractivity contribution in [1.29, 1.82) is 0 Å². The van der Waals surface area contributed by atoms with E-state index in [-0.39, 0.29) is 23.6 Å². The Kier molecular flexibility index (Phi) is 5.56. The molecule has 1 aliphatic rings. The lowest BCUT2D eigenvalue weighted by Crippen LogP contribution is -2.36. The number of rotatable bonds is 4. The first kappa shape index (κ1) is 22.1. The highest BCUT2D eigenvalue weighted by Crippen LogP contribution is 2.28. The highest BCUT2D eigenvalue weighted by molar-refractivity contribution is 5.98. The van der Waals surface area contributed by atoms with Crippen molar-refractivity contribution < 1.29 is 13.9 Å². The molecule has 1 saturated heterocycles. The van der Waals surface area contributed by atoms with Crippen LogP contribution < -0.4 is 10.2 Å². The van der Waals surface area contributed by atoms with Crippen LogP contribution in [-0.4, -0.2) is 62.0 Å². The molecule has 5 heterocycles. The Labute approximate surface area is 195 Å². The fourth-order valence-corrected chi connectivity index (χ4v) is 3.93. The summed E-state index contributed by atoms with van der Waals surface area (Å²) in [6.07, 6.45) is 2.84. The summed E-state index contributed by atoms with van der Waals surface area (Å²) in [5, 5.41) is 16.9. The van der Waals surface area contributed by atoms with E-state index in [1.54, 1.807) is 4.52 Å². The average molecular weight is 465 g/mol. The van der Waals surface area contributed by atoms with Gasteiger partial charge in [0.25, 0.3) is 0 Å². The number of hydrogen-bond donors (Lipinski definition) is 1. The number of carbonyl (C=O) groups excluding carboxylic acids is 1. The summed E-state index contributed by atoms with van der Waals surface area (Å²) in [5.74, 6) is 0.142. The lowest BCUT2D eigenvalue weighted by molar-refractivity contribution is -0.115. The third-order valence-corrected chi connectivity index (χ3v) is 5.63. The van der Waals surface area contributed by atoms with Crippen molar-refractivity contribution in [3.8, 4) is 0 Å². The van der Waals surface area contributed by atoms with Gasteiger partial charge in [0.05, 0.1) is 43.4 Å². The molecule has 1 N–H and O–H groups in total. The third kappa shape index (κ3) is 4.26. The Hall–Kier alpha value is -3.73. The van der Waals surface area contributed by atoms with E-state index in [0.717, 1.165) is 30.4 Å². The van der Waals surface area contributed by atoms with Gasteiger partial charge in [0, 0.05) is 23.9 Å². The molecule has 0 saturated carbocycles. The Morgan fingerprint density at radius 3 is 2.65 bits per heavy atom. The summed E-state index contributed by atoms with van der Waals surface area (Å²) >= 11 is 0. The molecule has 4 aromatic rings. The molecular weight excluding hydrogens is 439 g/mol. The molecule has 5 rings (SSSR count). The molecule has 1 amide bonds. The van der Waals surface area contributed by atoms with Crippen molar-refractivity contribution in [3.63, 3.8) is 0 Å². The molecule has 0 atom stereocenters. The Morgan fingerprint density at radius 2 is 1.94 bits per heavy atom. The molecule has 10 nitrogen and oxygen atoms in total. The number of amides is 1. The number of halogens is 1. The second kappa shape index (κ2) is 8.56. The van der Waals surface area contributed by atoms with Gasteiger partial charge in [-0.3, -0.25) is 4.79 Å². The monoisotopic (exact) mass is 464 g/mol. The number of anilines is 2. The van der Waals surface area contributed by atoms with Crippen LogP contribution in [0, 0.1) is 5.82 Å². The molecule has 11 heteroatoms.